The maximum atomic E-state index is 13.1. The Bertz CT molecular complexity index is 470. The molecule has 4 nitrogen and oxygen atoms in total. The fourth-order valence-electron chi connectivity index (χ4n) is 2.09. The molecule has 18 heavy (non-hydrogen) atoms. The Kier molecular flexibility index (Phi) is 3.80. The summed E-state index contributed by atoms with van der Waals surface area (Å²) in [6.07, 6.45) is -0.0599. The smallest absolute Gasteiger partial charge is 0.124 e. The summed E-state index contributed by atoms with van der Waals surface area (Å²) >= 11 is 0. The molecule has 1 saturated heterocycles. The number of halogens is 1. The van der Waals surface area contributed by atoms with Crippen molar-refractivity contribution in [2.75, 3.05) is 24.6 Å². The van der Waals surface area contributed by atoms with Crippen LogP contribution in [0.25, 0.3) is 0 Å². The Morgan fingerprint density at radius 2 is 2.39 bits per heavy atom. The van der Waals surface area contributed by atoms with Gasteiger partial charge in [-0.1, -0.05) is 0 Å². The van der Waals surface area contributed by atoms with E-state index in [9.17, 15) is 4.39 Å². The van der Waals surface area contributed by atoms with Gasteiger partial charge in [-0.25, -0.2) is 4.39 Å². The van der Waals surface area contributed by atoms with Crippen molar-refractivity contribution in [3.05, 3.63) is 29.6 Å². The van der Waals surface area contributed by atoms with Gasteiger partial charge >= 0.3 is 0 Å². The Hall–Kier alpha value is -1.64. The van der Waals surface area contributed by atoms with E-state index >= 15 is 0 Å². The lowest BCUT2D eigenvalue weighted by Crippen LogP contribution is -2.49. The number of hydrogen-bond acceptors (Lipinski definition) is 4. The highest BCUT2D eigenvalue weighted by Gasteiger charge is 2.24. The summed E-state index contributed by atoms with van der Waals surface area (Å²) in [5, 5.41) is 9.05. The van der Waals surface area contributed by atoms with Crippen LogP contribution in [0.3, 0.4) is 0 Å². The lowest BCUT2D eigenvalue weighted by molar-refractivity contribution is 0.0276. The van der Waals surface area contributed by atoms with Crippen LogP contribution in [0.4, 0.5) is 10.1 Å². The first-order valence-corrected chi connectivity index (χ1v) is 5.93. The summed E-state index contributed by atoms with van der Waals surface area (Å²) < 4.78 is 18.7. The third kappa shape index (κ3) is 2.61. The summed E-state index contributed by atoms with van der Waals surface area (Å²) in [7, 11) is 0. The van der Waals surface area contributed by atoms with Crippen molar-refractivity contribution >= 4 is 5.69 Å². The molecule has 0 aromatic heterocycles. The van der Waals surface area contributed by atoms with Crippen LogP contribution in [0.5, 0.6) is 0 Å². The minimum absolute atomic E-state index is 0.0599. The summed E-state index contributed by atoms with van der Waals surface area (Å²) in [5.74, 6) is -0.396. The molecule has 0 amide bonds. The second kappa shape index (κ2) is 5.34. The van der Waals surface area contributed by atoms with E-state index in [0.29, 0.717) is 25.3 Å². The van der Waals surface area contributed by atoms with Gasteiger partial charge in [0.2, 0.25) is 0 Å². The third-order valence-corrected chi connectivity index (χ3v) is 3.10. The standard InChI is InChI=1S/C13H16FN3O/c1-9(16)13-8-17(4-5-18-13)12-3-2-11(14)6-10(12)7-15/h2-3,6,9,13H,4-5,8,16H2,1H3. The number of nitrogens with zero attached hydrogens (tertiary/aromatic N) is 2. The van der Waals surface area contributed by atoms with E-state index < -0.39 is 5.82 Å². The van der Waals surface area contributed by atoms with Crippen molar-refractivity contribution in [2.24, 2.45) is 5.73 Å². The van der Waals surface area contributed by atoms with Crippen LogP contribution in [0.15, 0.2) is 18.2 Å². The van der Waals surface area contributed by atoms with Gasteiger partial charge in [0, 0.05) is 19.1 Å². The number of morpholine rings is 1. The predicted molar refractivity (Wildman–Crippen MR) is 66.7 cm³/mol. The molecule has 1 aromatic carbocycles. The molecule has 0 aliphatic carbocycles. The van der Waals surface area contributed by atoms with Gasteiger partial charge in [0.1, 0.15) is 11.9 Å². The minimum atomic E-state index is -0.396. The van der Waals surface area contributed by atoms with Gasteiger partial charge in [0.05, 0.1) is 24.0 Å². The van der Waals surface area contributed by atoms with Crippen molar-refractivity contribution in [1.29, 1.82) is 5.26 Å². The molecule has 1 aliphatic rings. The Morgan fingerprint density at radius 3 is 3.06 bits per heavy atom. The first kappa shape index (κ1) is 12.8. The van der Waals surface area contributed by atoms with Crippen LogP contribution in [0, 0.1) is 17.1 Å². The summed E-state index contributed by atoms with van der Waals surface area (Å²) in [5.41, 5.74) is 6.92. The van der Waals surface area contributed by atoms with Crippen LogP contribution in [0.2, 0.25) is 0 Å². The molecule has 0 radical (unpaired) electrons. The first-order chi connectivity index (χ1) is 8.61. The maximum absolute atomic E-state index is 13.1. The van der Waals surface area contributed by atoms with Crippen LogP contribution >= 0.6 is 0 Å². The van der Waals surface area contributed by atoms with Crippen LogP contribution in [-0.4, -0.2) is 31.8 Å². The molecule has 2 atom stereocenters. The minimum Gasteiger partial charge on any atom is -0.373 e. The highest BCUT2D eigenvalue weighted by Crippen LogP contribution is 2.23. The second-order valence-corrected chi connectivity index (χ2v) is 4.49. The number of rotatable bonds is 2. The fraction of sp³-hybridized carbons (Fsp3) is 0.462. The van der Waals surface area contributed by atoms with Crippen molar-refractivity contribution in [3.63, 3.8) is 0 Å². The second-order valence-electron chi connectivity index (χ2n) is 4.49. The summed E-state index contributed by atoms with van der Waals surface area (Å²) in [4.78, 5) is 2.02. The molecule has 0 saturated carbocycles. The molecule has 0 bridgehead atoms. The first-order valence-electron chi connectivity index (χ1n) is 5.93. The molecule has 2 N–H and O–H groups in total. The molecule has 1 fully saturated rings. The zero-order valence-corrected chi connectivity index (χ0v) is 10.3. The largest absolute Gasteiger partial charge is 0.373 e. The number of hydrogen-bond donors (Lipinski definition) is 1. The highest BCUT2D eigenvalue weighted by molar-refractivity contribution is 5.59. The Morgan fingerprint density at radius 1 is 1.61 bits per heavy atom. The molecule has 1 aromatic rings. The zero-order chi connectivity index (χ0) is 13.1. The zero-order valence-electron chi connectivity index (χ0n) is 10.3. The lowest BCUT2D eigenvalue weighted by Gasteiger charge is -2.36. The van der Waals surface area contributed by atoms with E-state index in [2.05, 4.69) is 0 Å². The van der Waals surface area contributed by atoms with Gasteiger partial charge in [-0.3, -0.25) is 0 Å². The molecule has 5 heteroatoms. The maximum Gasteiger partial charge on any atom is 0.124 e. The molecule has 1 aliphatic heterocycles. The van der Waals surface area contributed by atoms with E-state index in [1.54, 1.807) is 6.07 Å². The molecule has 2 unspecified atom stereocenters. The molecule has 1 heterocycles. The summed E-state index contributed by atoms with van der Waals surface area (Å²) in [6, 6.07) is 6.21. The number of nitriles is 1. The molecular weight excluding hydrogens is 233 g/mol. The monoisotopic (exact) mass is 249 g/mol. The number of anilines is 1. The fourth-order valence-corrected chi connectivity index (χ4v) is 2.09. The lowest BCUT2D eigenvalue weighted by atomic mass is 10.1. The number of ether oxygens (including phenoxy) is 1. The molecule has 0 spiro atoms. The van der Waals surface area contributed by atoms with E-state index in [1.165, 1.54) is 12.1 Å². The van der Waals surface area contributed by atoms with E-state index in [-0.39, 0.29) is 12.1 Å². The van der Waals surface area contributed by atoms with Gasteiger partial charge < -0.3 is 15.4 Å². The normalized spacial score (nSPS) is 21.4. The van der Waals surface area contributed by atoms with Gasteiger partial charge in [-0.15, -0.1) is 0 Å². The van der Waals surface area contributed by atoms with Gasteiger partial charge in [0.25, 0.3) is 0 Å². The molecule has 96 valence electrons. The number of benzene rings is 1. The number of nitrogens with two attached hydrogens (primary N) is 1. The van der Waals surface area contributed by atoms with Crippen molar-refractivity contribution in [2.45, 2.75) is 19.1 Å². The van der Waals surface area contributed by atoms with Crippen LogP contribution in [0.1, 0.15) is 12.5 Å². The van der Waals surface area contributed by atoms with Gasteiger partial charge in [0.15, 0.2) is 0 Å². The quantitative estimate of drug-likeness (QED) is 0.856. The average molecular weight is 249 g/mol. The SMILES string of the molecule is CC(N)C1CN(c2ccc(F)cc2C#N)CCO1. The van der Waals surface area contributed by atoms with Crippen LogP contribution < -0.4 is 10.6 Å². The van der Waals surface area contributed by atoms with E-state index in [4.69, 9.17) is 15.7 Å². The average Bonchev–Trinajstić information content (AvgIpc) is 2.38. The van der Waals surface area contributed by atoms with Crippen LogP contribution in [-0.2, 0) is 4.74 Å². The Balaban J connectivity index is 2.23. The van der Waals surface area contributed by atoms with Crippen molar-refractivity contribution in [1.82, 2.24) is 0 Å². The Labute approximate surface area is 106 Å². The van der Waals surface area contributed by atoms with Crippen molar-refractivity contribution < 1.29 is 9.13 Å². The third-order valence-electron chi connectivity index (χ3n) is 3.10. The van der Waals surface area contributed by atoms with E-state index in [1.807, 2.05) is 17.9 Å². The van der Waals surface area contributed by atoms with Crippen molar-refractivity contribution in [3.8, 4) is 6.07 Å². The van der Waals surface area contributed by atoms with E-state index in [0.717, 1.165) is 5.69 Å². The highest BCUT2D eigenvalue weighted by atomic mass is 19.1. The summed E-state index contributed by atoms with van der Waals surface area (Å²) in [6.45, 7) is 3.76. The molecule has 2 rings (SSSR count). The molecular formula is C13H16FN3O. The van der Waals surface area contributed by atoms with Gasteiger partial charge in [-0.05, 0) is 25.1 Å². The predicted octanol–water partition coefficient (Wildman–Crippen LogP) is 1.25. The topological polar surface area (TPSA) is 62.3 Å². The van der Waals surface area contributed by atoms with Gasteiger partial charge in [-0.2, -0.15) is 5.26 Å².